The predicted molar refractivity (Wildman–Crippen MR) is 242 cm³/mol. The number of carbonyl (C=O) groups excluding carboxylic acids is 1. The van der Waals surface area contributed by atoms with Crippen LogP contribution in [0.5, 0.6) is 0 Å². The first-order chi connectivity index (χ1) is 27.2. The maximum atomic E-state index is 12.3. The third kappa shape index (κ3) is 47.1. The molecule has 0 spiro atoms. The molecule has 0 fully saturated rings. The van der Waals surface area contributed by atoms with Gasteiger partial charge < -0.3 is 14.6 Å². The zero-order chi connectivity index (χ0) is 39.8. The molecule has 0 aliphatic carbocycles. The molecule has 0 radical (unpaired) electrons. The van der Waals surface area contributed by atoms with Crippen molar-refractivity contribution in [2.24, 2.45) is 0 Å². The van der Waals surface area contributed by atoms with E-state index in [-0.39, 0.29) is 12.6 Å². The van der Waals surface area contributed by atoms with E-state index in [0.29, 0.717) is 19.6 Å². The number of esters is 1. The number of rotatable bonds is 47. The number of carbonyl (C=O) groups is 1. The molecule has 1 N–H and O–H groups in total. The first kappa shape index (κ1) is 53.9. The molecule has 4 nitrogen and oxygen atoms in total. The lowest BCUT2D eigenvalue weighted by Gasteiger charge is -2.16. The van der Waals surface area contributed by atoms with E-state index in [9.17, 15) is 9.90 Å². The molecule has 1 atom stereocenters. The van der Waals surface area contributed by atoms with Gasteiger partial charge in [-0.05, 0) is 44.9 Å². The number of aliphatic hydroxyl groups excluding tert-OH is 1. The van der Waals surface area contributed by atoms with Crippen molar-refractivity contribution in [1.82, 2.24) is 0 Å². The van der Waals surface area contributed by atoms with Gasteiger partial charge in [-0.15, -0.1) is 0 Å². The third-order valence-corrected chi connectivity index (χ3v) is 11.3. The molecule has 0 aromatic carbocycles. The van der Waals surface area contributed by atoms with Gasteiger partial charge in [-0.3, -0.25) is 4.79 Å². The SMILES string of the molecule is CCCCCCC/C=C\C/C=C\CCCCCCCCCCCCCCCC(=O)OC(CO)COCCCCCCCCCCCCCCCCCCCC. The lowest BCUT2D eigenvalue weighted by Crippen LogP contribution is -2.27. The van der Waals surface area contributed by atoms with Crippen LogP contribution in [-0.4, -0.2) is 37.0 Å². The number of allylic oxidation sites excluding steroid dienone is 4. The van der Waals surface area contributed by atoms with Crippen molar-refractivity contribution in [2.75, 3.05) is 19.8 Å². The fourth-order valence-electron chi connectivity index (χ4n) is 7.54. The molecule has 0 amide bonds. The van der Waals surface area contributed by atoms with Crippen LogP contribution >= 0.6 is 0 Å². The number of aliphatic hydroxyl groups is 1. The van der Waals surface area contributed by atoms with E-state index < -0.39 is 6.10 Å². The average Bonchev–Trinajstić information content (AvgIpc) is 3.19. The van der Waals surface area contributed by atoms with Crippen LogP contribution in [0.1, 0.15) is 271 Å². The Morgan fingerprint density at radius 2 is 0.764 bits per heavy atom. The molecule has 0 aliphatic heterocycles. The van der Waals surface area contributed by atoms with E-state index in [2.05, 4.69) is 38.2 Å². The highest BCUT2D eigenvalue weighted by Gasteiger charge is 2.13. The highest BCUT2D eigenvalue weighted by Crippen LogP contribution is 2.16. The number of hydrogen-bond acceptors (Lipinski definition) is 4. The van der Waals surface area contributed by atoms with Crippen LogP contribution in [0.3, 0.4) is 0 Å². The van der Waals surface area contributed by atoms with Crippen molar-refractivity contribution in [1.29, 1.82) is 0 Å². The van der Waals surface area contributed by atoms with Gasteiger partial charge in [0.25, 0.3) is 0 Å². The highest BCUT2D eigenvalue weighted by atomic mass is 16.6. The molecule has 1 unspecified atom stereocenters. The van der Waals surface area contributed by atoms with E-state index in [0.717, 1.165) is 25.7 Å². The van der Waals surface area contributed by atoms with Gasteiger partial charge in [-0.25, -0.2) is 0 Å². The summed E-state index contributed by atoms with van der Waals surface area (Å²) in [7, 11) is 0. The summed E-state index contributed by atoms with van der Waals surface area (Å²) in [6.45, 7) is 5.39. The minimum atomic E-state index is -0.530. The van der Waals surface area contributed by atoms with Crippen LogP contribution in [0.25, 0.3) is 0 Å². The van der Waals surface area contributed by atoms with Crippen molar-refractivity contribution in [3.05, 3.63) is 24.3 Å². The Morgan fingerprint density at radius 1 is 0.436 bits per heavy atom. The van der Waals surface area contributed by atoms with Crippen LogP contribution in [-0.2, 0) is 14.3 Å². The lowest BCUT2D eigenvalue weighted by molar-refractivity contribution is -0.154. The monoisotopic (exact) mass is 775 g/mol. The second-order valence-corrected chi connectivity index (χ2v) is 16.9. The van der Waals surface area contributed by atoms with Crippen LogP contribution in [0.4, 0.5) is 0 Å². The summed E-state index contributed by atoms with van der Waals surface area (Å²) in [4.78, 5) is 12.3. The molecule has 0 saturated carbocycles. The van der Waals surface area contributed by atoms with Gasteiger partial charge in [-0.1, -0.05) is 244 Å². The van der Waals surface area contributed by atoms with Gasteiger partial charge >= 0.3 is 5.97 Å². The topological polar surface area (TPSA) is 55.8 Å². The summed E-state index contributed by atoms with van der Waals surface area (Å²) >= 11 is 0. The summed E-state index contributed by atoms with van der Waals surface area (Å²) in [5.74, 6) is -0.196. The van der Waals surface area contributed by atoms with Crippen LogP contribution in [0, 0.1) is 0 Å². The number of unbranched alkanes of at least 4 members (excludes halogenated alkanes) is 35. The van der Waals surface area contributed by atoms with Gasteiger partial charge in [0.05, 0.1) is 13.2 Å². The van der Waals surface area contributed by atoms with Gasteiger partial charge in [0.1, 0.15) is 6.10 Å². The molecule has 0 saturated heterocycles. The molecule has 0 aliphatic rings. The van der Waals surface area contributed by atoms with Crippen LogP contribution < -0.4 is 0 Å². The summed E-state index contributed by atoms with van der Waals surface area (Å²) in [6.07, 6.45) is 61.2. The largest absolute Gasteiger partial charge is 0.457 e. The lowest BCUT2D eigenvalue weighted by atomic mass is 10.0. The maximum absolute atomic E-state index is 12.3. The van der Waals surface area contributed by atoms with E-state index >= 15 is 0 Å². The Bertz CT molecular complexity index is 777. The summed E-state index contributed by atoms with van der Waals surface area (Å²) in [5.41, 5.74) is 0. The number of ether oxygens (including phenoxy) is 2. The zero-order valence-electron chi connectivity index (χ0n) is 37.5. The van der Waals surface area contributed by atoms with Gasteiger partial charge in [0.15, 0.2) is 0 Å². The average molecular weight is 775 g/mol. The highest BCUT2D eigenvalue weighted by molar-refractivity contribution is 5.69. The standard InChI is InChI=1S/C51H98O4/c1-3-5-7-9-11-13-15-17-19-21-23-24-25-26-27-28-29-30-32-34-36-38-40-42-44-46-51(53)55-50(48-52)49-54-47-45-43-41-39-37-35-33-31-22-20-18-16-14-12-10-8-6-4-2/h15,17,21,23,50,52H,3-14,16,18-20,22,24-49H2,1-2H3/b17-15-,23-21-. The van der Waals surface area contributed by atoms with E-state index in [1.54, 1.807) is 0 Å². The second kappa shape index (κ2) is 49.0. The quantitative estimate of drug-likeness (QED) is 0.0380. The van der Waals surface area contributed by atoms with Crippen molar-refractivity contribution in [3.63, 3.8) is 0 Å². The minimum absolute atomic E-state index is 0.167. The fraction of sp³-hybridized carbons (Fsp3) is 0.902. The maximum Gasteiger partial charge on any atom is 0.306 e. The molecule has 326 valence electrons. The van der Waals surface area contributed by atoms with E-state index in [1.807, 2.05) is 0 Å². The Balaban J connectivity index is 3.37. The smallest absolute Gasteiger partial charge is 0.306 e. The summed E-state index contributed by atoms with van der Waals surface area (Å²) in [6, 6.07) is 0. The molecule has 0 rings (SSSR count). The first-order valence-corrected chi connectivity index (χ1v) is 24.9. The normalized spacial score (nSPS) is 12.4. The van der Waals surface area contributed by atoms with E-state index in [4.69, 9.17) is 9.47 Å². The molecule has 0 aromatic heterocycles. The van der Waals surface area contributed by atoms with Crippen LogP contribution in [0.15, 0.2) is 24.3 Å². The molecule has 0 bridgehead atoms. The van der Waals surface area contributed by atoms with Gasteiger partial charge in [0, 0.05) is 13.0 Å². The summed E-state index contributed by atoms with van der Waals surface area (Å²) < 4.78 is 11.2. The zero-order valence-corrected chi connectivity index (χ0v) is 37.5. The Labute approximate surface area is 345 Å². The fourth-order valence-corrected chi connectivity index (χ4v) is 7.54. The van der Waals surface area contributed by atoms with Gasteiger partial charge in [0.2, 0.25) is 0 Å². The number of hydrogen-bond donors (Lipinski definition) is 1. The minimum Gasteiger partial charge on any atom is -0.457 e. The van der Waals surface area contributed by atoms with Crippen molar-refractivity contribution >= 4 is 5.97 Å². The molecular weight excluding hydrogens is 677 g/mol. The van der Waals surface area contributed by atoms with E-state index in [1.165, 1.54) is 225 Å². The third-order valence-electron chi connectivity index (χ3n) is 11.3. The predicted octanol–water partition coefficient (Wildman–Crippen LogP) is 16.7. The first-order valence-electron chi connectivity index (χ1n) is 24.9. The Morgan fingerprint density at radius 3 is 1.13 bits per heavy atom. The Kier molecular flexibility index (Phi) is 48.0. The molecular formula is C51H98O4. The Hall–Kier alpha value is -1.13. The van der Waals surface area contributed by atoms with Crippen molar-refractivity contribution in [3.8, 4) is 0 Å². The molecule has 4 heteroatoms. The summed E-state index contributed by atoms with van der Waals surface area (Å²) in [5, 5.41) is 9.64. The van der Waals surface area contributed by atoms with Crippen molar-refractivity contribution < 1.29 is 19.4 Å². The second-order valence-electron chi connectivity index (χ2n) is 16.9. The molecule has 0 heterocycles. The molecule has 0 aromatic rings. The molecule has 55 heavy (non-hydrogen) atoms. The van der Waals surface area contributed by atoms with Crippen LogP contribution in [0.2, 0.25) is 0 Å². The van der Waals surface area contributed by atoms with Gasteiger partial charge in [-0.2, -0.15) is 0 Å². The van der Waals surface area contributed by atoms with Crippen molar-refractivity contribution in [2.45, 2.75) is 277 Å².